The van der Waals surface area contributed by atoms with E-state index in [1.807, 2.05) is 35.2 Å². The van der Waals surface area contributed by atoms with Gasteiger partial charge >= 0.3 is 5.97 Å². The van der Waals surface area contributed by atoms with E-state index in [-0.39, 0.29) is 19.6 Å². The largest absolute Gasteiger partial charge is 0.464 e. The van der Waals surface area contributed by atoms with E-state index < -0.39 is 17.7 Å². The van der Waals surface area contributed by atoms with Crippen LogP contribution in [0.4, 0.5) is 4.39 Å². The van der Waals surface area contributed by atoms with Crippen LogP contribution in [0, 0.1) is 0 Å². The van der Waals surface area contributed by atoms with Crippen molar-refractivity contribution in [1.82, 2.24) is 4.90 Å². The summed E-state index contributed by atoms with van der Waals surface area (Å²) in [5, 5.41) is 10.5. The Hall–Kier alpha value is -1.46. The molecule has 0 aliphatic carbocycles. The van der Waals surface area contributed by atoms with Crippen LogP contribution in [0.2, 0.25) is 0 Å². The van der Waals surface area contributed by atoms with E-state index in [1.165, 1.54) is 0 Å². The maximum absolute atomic E-state index is 14.2. The van der Waals surface area contributed by atoms with Crippen molar-refractivity contribution in [3.05, 3.63) is 35.9 Å². The monoisotopic (exact) mass is 295 g/mol. The number of hydrogen-bond donors (Lipinski definition) is 1. The minimum atomic E-state index is -1.99. The van der Waals surface area contributed by atoms with Crippen molar-refractivity contribution in [3.63, 3.8) is 0 Å². The lowest BCUT2D eigenvalue weighted by atomic mass is 9.88. The minimum Gasteiger partial charge on any atom is -0.464 e. The van der Waals surface area contributed by atoms with Gasteiger partial charge in [-0.25, -0.2) is 9.18 Å². The number of halogens is 1. The van der Waals surface area contributed by atoms with Crippen molar-refractivity contribution in [2.45, 2.75) is 38.1 Å². The van der Waals surface area contributed by atoms with Crippen LogP contribution in [-0.4, -0.2) is 47.4 Å². The van der Waals surface area contributed by atoms with E-state index in [2.05, 4.69) is 4.74 Å². The van der Waals surface area contributed by atoms with Gasteiger partial charge in [0.25, 0.3) is 0 Å². The average molecular weight is 295 g/mol. The molecule has 21 heavy (non-hydrogen) atoms. The molecule has 5 heteroatoms. The van der Waals surface area contributed by atoms with E-state index >= 15 is 0 Å². The predicted molar refractivity (Wildman–Crippen MR) is 77.4 cm³/mol. The molecule has 0 bridgehead atoms. The Kier molecular flexibility index (Phi) is 5.31. The highest BCUT2D eigenvalue weighted by Crippen LogP contribution is 2.28. The van der Waals surface area contributed by atoms with Gasteiger partial charge in [0.15, 0.2) is 0 Å². The molecule has 0 amide bonds. The van der Waals surface area contributed by atoms with Crippen molar-refractivity contribution < 1.29 is 19.0 Å². The van der Waals surface area contributed by atoms with Gasteiger partial charge in [-0.15, -0.1) is 0 Å². The first-order valence-electron chi connectivity index (χ1n) is 7.34. The second-order valence-corrected chi connectivity index (χ2v) is 5.52. The van der Waals surface area contributed by atoms with Crippen LogP contribution in [-0.2, 0) is 16.1 Å². The topological polar surface area (TPSA) is 49.8 Å². The number of benzene rings is 1. The highest BCUT2D eigenvalue weighted by molar-refractivity contribution is 5.76. The summed E-state index contributed by atoms with van der Waals surface area (Å²) < 4.78 is 18.9. The summed E-state index contributed by atoms with van der Waals surface area (Å²) in [5.74, 6) is -0.971. The van der Waals surface area contributed by atoms with Crippen molar-refractivity contribution in [1.29, 1.82) is 0 Å². The zero-order valence-electron chi connectivity index (χ0n) is 12.3. The molecule has 0 spiro atoms. The number of carbonyl (C=O) groups is 1. The molecular formula is C16H22FNO3. The first-order valence-corrected chi connectivity index (χ1v) is 7.34. The molecule has 2 atom stereocenters. The summed E-state index contributed by atoms with van der Waals surface area (Å²) in [6, 6.07) is 9.82. The molecule has 1 N–H and O–H groups in total. The van der Waals surface area contributed by atoms with Gasteiger partial charge in [-0.1, -0.05) is 30.3 Å². The second-order valence-electron chi connectivity index (χ2n) is 5.52. The third kappa shape index (κ3) is 4.02. The maximum atomic E-state index is 14.2. The minimum absolute atomic E-state index is 0.114. The van der Waals surface area contributed by atoms with Crippen molar-refractivity contribution in [2.75, 3.05) is 19.7 Å². The maximum Gasteiger partial charge on any atom is 0.343 e. The summed E-state index contributed by atoms with van der Waals surface area (Å²) in [5.41, 5.74) is -0.549. The van der Waals surface area contributed by atoms with Gasteiger partial charge in [0.2, 0.25) is 6.17 Å². The fraction of sp³-hybridized carbons (Fsp3) is 0.562. The third-order valence-corrected chi connectivity index (χ3v) is 3.80. The lowest BCUT2D eigenvalue weighted by Crippen LogP contribution is -2.56. The Morgan fingerprint density at radius 3 is 2.86 bits per heavy atom. The number of β-amino-alcohol motifs (C(OH)–C–C–N with tert-alkyl or cyclic N) is 1. The van der Waals surface area contributed by atoms with Crippen LogP contribution < -0.4 is 0 Å². The summed E-state index contributed by atoms with van der Waals surface area (Å²) in [6.45, 7) is 3.30. The van der Waals surface area contributed by atoms with Gasteiger partial charge in [0.05, 0.1) is 6.61 Å². The normalized spacial score (nSPS) is 24.5. The Morgan fingerprint density at radius 2 is 2.19 bits per heavy atom. The van der Waals surface area contributed by atoms with Gasteiger partial charge in [-0.3, -0.25) is 4.90 Å². The Balaban J connectivity index is 2.00. The molecule has 1 saturated heterocycles. The van der Waals surface area contributed by atoms with Crippen molar-refractivity contribution >= 4 is 5.97 Å². The molecular weight excluding hydrogens is 273 g/mol. The van der Waals surface area contributed by atoms with Crippen LogP contribution in [0.25, 0.3) is 0 Å². The number of esters is 1. The smallest absolute Gasteiger partial charge is 0.343 e. The molecule has 4 nitrogen and oxygen atoms in total. The van der Waals surface area contributed by atoms with E-state index in [0.29, 0.717) is 13.0 Å². The Labute approximate surface area is 124 Å². The molecule has 0 aromatic heterocycles. The van der Waals surface area contributed by atoms with Crippen molar-refractivity contribution in [3.8, 4) is 0 Å². The molecule has 2 rings (SSSR count). The predicted octanol–water partition coefficient (Wildman–Crippen LogP) is 1.91. The van der Waals surface area contributed by atoms with E-state index in [4.69, 9.17) is 0 Å². The highest BCUT2D eigenvalue weighted by atomic mass is 19.1. The number of ether oxygens (including phenoxy) is 1. The average Bonchev–Trinajstić information content (AvgIpc) is 2.48. The summed E-state index contributed by atoms with van der Waals surface area (Å²) in [4.78, 5) is 13.5. The molecule has 1 fully saturated rings. The molecule has 1 aromatic rings. The molecule has 116 valence electrons. The Morgan fingerprint density at radius 1 is 1.48 bits per heavy atom. The van der Waals surface area contributed by atoms with Gasteiger partial charge in [-0.2, -0.15) is 0 Å². The first kappa shape index (κ1) is 15.9. The molecule has 2 unspecified atom stereocenters. The Bertz CT molecular complexity index is 468. The summed E-state index contributed by atoms with van der Waals surface area (Å²) >= 11 is 0. The number of piperidine rings is 1. The molecule has 1 aromatic carbocycles. The lowest BCUT2D eigenvalue weighted by Gasteiger charge is -2.40. The van der Waals surface area contributed by atoms with Gasteiger partial charge < -0.3 is 9.84 Å². The number of carbonyl (C=O) groups excluding carboxylic acids is 1. The molecule has 0 saturated carbocycles. The number of rotatable bonds is 5. The van der Waals surface area contributed by atoms with Crippen LogP contribution in [0.1, 0.15) is 25.3 Å². The summed E-state index contributed by atoms with van der Waals surface area (Å²) in [7, 11) is 0. The van der Waals surface area contributed by atoms with Gasteiger partial charge in [0, 0.05) is 13.1 Å². The highest BCUT2D eigenvalue weighted by Gasteiger charge is 2.45. The SMILES string of the molecule is CCOC(=O)C(F)C1(O)CCCN(Cc2ccccc2)C1. The molecule has 1 aliphatic rings. The van der Waals surface area contributed by atoms with E-state index in [9.17, 15) is 14.3 Å². The van der Waals surface area contributed by atoms with Gasteiger partial charge in [-0.05, 0) is 31.9 Å². The van der Waals surface area contributed by atoms with E-state index in [0.717, 1.165) is 12.1 Å². The number of aliphatic hydroxyl groups is 1. The zero-order valence-corrected chi connectivity index (χ0v) is 12.3. The van der Waals surface area contributed by atoms with Crippen LogP contribution in [0.15, 0.2) is 30.3 Å². The zero-order chi connectivity index (χ0) is 15.3. The standard InChI is InChI=1S/C16H22FNO3/c1-2-21-15(19)14(17)16(20)9-6-10-18(12-16)11-13-7-4-3-5-8-13/h3-5,7-8,14,20H,2,6,9-12H2,1H3. The summed E-state index contributed by atoms with van der Waals surface area (Å²) in [6.07, 6.45) is -1.06. The number of likely N-dealkylation sites (tertiary alicyclic amines) is 1. The van der Waals surface area contributed by atoms with Gasteiger partial charge in [0.1, 0.15) is 5.60 Å². The van der Waals surface area contributed by atoms with Crippen LogP contribution >= 0.6 is 0 Å². The fourth-order valence-electron chi connectivity index (χ4n) is 2.77. The van der Waals surface area contributed by atoms with Crippen LogP contribution in [0.3, 0.4) is 0 Å². The lowest BCUT2D eigenvalue weighted by molar-refractivity contribution is -0.165. The second kappa shape index (κ2) is 7.00. The van der Waals surface area contributed by atoms with Crippen molar-refractivity contribution in [2.24, 2.45) is 0 Å². The fourth-order valence-corrected chi connectivity index (χ4v) is 2.77. The van der Waals surface area contributed by atoms with Crippen LogP contribution in [0.5, 0.6) is 0 Å². The first-order chi connectivity index (χ1) is 10.0. The number of hydrogen-bond acceptors (Lipinski definition) is 4. The molecule has 1 aliphatic heterocycles. The quantitative estimate of drug-likeness (QED) is 0.843. The molecule has 0 radical (unpaired) electrons. The number of alkyl halides is 1. The van der Waals surface area contributed by atoms with E-state index in [1.54, 1.807) is 6.92 Å². The third-order valence-electron chi connectivity index (χ3n) is 3.80. The molecule has 1 heterocycles. The number of nitrogens with zero attached hydrogens (tertiary/aromatic N) is 1.